The molecule has 1 N–H and O–H groups in total. The topological polar surface area (TPSA) is 32.3 Å². The molecule has 0 spiro atoms. The third-order valence-corrected chi connectivity index (χ3v) is 4.61. The van der Waals surface area contributed by atoms with Crippen molar-refractivity contribution < 1.29 is 4.79 Å². The fourth-order valence-electron chi connectivity index (χ4n) is 3.44. The van der Waals surface area contributed by atoms with Crippen LogP contribution in [0.15, 0.2) is 0 Å². The summed E-state index contributed by atoms with van der Waals surface area (Å²) in [5.41, 5.74) is 0. The number of hydrogen-bond acceptors (Lipinski definition) is 1. The molecule has 2 aliphatic rings. The van der Waals surface area contributed by atoms with Gasteiger partial charge in [0.05, 0.1) is 0 Å². The van der Waals surface area contributed by atoms with Gasteiger partial charge in [-0.15, -0.1) is 0 Å². The van der Waals surface area contributed by atoms with Crippen molar-refractivity contribution in [3.8, 4) is 0 Å². The molecular weight excluding hydrogens is 224 g/mol. The molecule has 1 saturated carbocycles. The van der Waals surface area contributed by atoms with Crippen LogP contribution in [-0.2, 0) is 0 Å². The van der Waals surface area contributed by atoms with E-state index in [9.17, 15) is 4.79 Å². The highest BCUT2D eigenvalue weighted by atomic mass is 16.2. The van der Waals surface area contributed by atoms with Crippen LogP contribution < -0.4 is 5.32 Å². The smallest absolute Gasteiger partial charge is 0.317 e. The van der Waals surface area contributed by atoms with E-state index in [0.29, 0.717) is 6.04 Å². The summed E-state index contributed by atoms with van der Waals surface area (Å²) in [5.74, 6) is 0.720. The second kappa shape index (κ2) is 7.01. The van der Waals surface area contributed by atoms with Crippen molar-refractivity contribution in [1.29, 1.82) is 0 Å². The maximum absolute atomic E-state index is 12.2. The van der Waals surface area contributed by atoms with Crippen LogP contribution >= 0.6 is 0 Å². The van der Waals surface area contributed by atoms with Gasteiger partial charge in [0.15, 0.2) is 0 Å². The summed E-state index contributed by atoms with van der Waals surface area (Å²) >= 11 is 0. The molecule has 2 fully saturated rings. The summed E-state index contributed by atoms with van der Waals surface area (Å²) in [6, 6.07) is 0.590. The second-order valence-electron chi connectivity index (χ2n) is 5.91. The predicted molar refractivity (Wildman–Crippen MR) is 74.6 cm³/mol. The Kier molecular flexibility index (Phi) is 5.33. The first-order valence-electron chi connectivity index (χ1n) is 7.86. The first-order chi connectivity index (χ1) is 8.81. The van der Waals surface area contributed by atoms with Crippen LogP contribution in [0.2, 0.25) is 0 Å². The van der Waals surface area contributed by atoms with Crippen LogP contribution in [0.4, 0.5) is 4.79 Å². The minimum atomic E-state index is 0.187. The van der Waals surface area contributed by atoms with Crippen LogP contribution in [0.25, 0.3) is 0 Å². The highest BCUT2D eigenvalue weighted by Crippen LogP contribution is 2.27. The minimum absolute atomic E-state index is 0.187. The summed E-state index contributed by atoms with van der Waals surface area (Å²) in [4.78, 5) is 14.2. The Morgan fingerprint density at radius 2 is 1.72 bits per heavy atom. The highest BCUT2D eigenvalue weighted by molar-refractivity contribution is 5.74. The summed E-state index contributed by atoms with van der Waals surface area (Å²) in [5, 5.41) is 3.29. The van der Waals surface area contributed by atoms with Gasteiger partial charge >= 0.3 is 6.03 Å². The molecular formula is C15H28N2O. The third-order valence-electron chi connectivity index (χ3n) is 4.61. The number of rotatable bonds is 3. The van der Waals surface area contributed by atoms with Crippen LogP contribution in [-0.4, -0.2) is 30.1 Å². The Labute approximate surface area is 111 Å². The zero-order valence-corrected chi connectivity index (χ0v) is 11.8. The van der Waals surface area contributed by atoms with Gasteiger partial charge in [-0.2, -0.15) is 0 Å². The Bertz CT molecular complexity index is 255. The van der Waals surface area contributed by atoms with E-state index in [4.69, 9.17) is 0 Å². The van der Waals surface area contributed by atoms with Crippen molar-refractivity contribution in [2.45, 2.75) is 70.8 Å². The van der Waals surface area contributed by atoms with Gasteiger partial charge in [-0.05, 0) is 44.4 Å². The van der Waals surface area contributed by atoms with Crippen molar-refractivity contribution in [2.75, 3.05) is 13.1 Å². The van der Waals surface area contributed by atoms with Gasteiger partial charge in [-0.25, -0.2) is 4.79 Å². The van der Waals surface area contributed by atoms with E-state index in [0.717, 1.165) is 25.4 Å². The van der Waals surface area contributed by atoms with Crippen molar-refractivity contribution in [3.05, 3.63) is 0 Å². The van der Waals surface area contributed by atoms with Crippen molar-refractivity contribution in [3.63, 3.8) is 0 Å². The number of carbonyl (C=O) groups is 1. The molecule has 0 radical (unpaired) electrons. The second-order valence-corrected chi connectivity index (χ2v) is 5.91. The first-order valence-corrected chi connectivity index (χ1v) is 7.86. The molecule has 0 aromatic rings. The van der Waals surface area contributed by atoms with Gasteiger partial charge in [0.25, 0.3) is 0 Å². The monoisotopic (exact) mass is 252 g/mol. The maximum Gasteiger partial charge on any atom is 0.317 e. The number of piperidine rings is 1. The van der Waals surface area contributed by atoms with Gasteiger partial charge in [0, 0.05) is 19.1 Å². The van der Waals surface area contributed by atoms with Gasteiger partial charge in [0.2, 0.25) is 0 Å². The molecule has 0 aromatic carbocycles. The van der Waals surface area contributed by atoms with E-state index in [1.807, 2.05) is 4.90 Å². The fourth-order valence-corrected chi connectivity index (χ4v) is 3.44. The normalized spacial score (nSPS) is 23.7. The standard InChI is InChI=1S/C15H28N2O/c1-2-14(13-9-5-3-6-10-13)16-15(18)17-11-7-4-8-12-17/h13-14H,2-12H2,1H3,(H,16,18). The van der Waals surface area contributed by atoms with E-state index in [1.165, 1.54) is 51.4 Å². The lowest BCUT2D eigenvalue weighted by atomic mass is 9.83. The number of amides is 2. The predicted octanol–water partition coefficient (Wildman–Crippen LogP) is 3.54. The molecule has 1 aliphatic heterocycles. The maximum atomic E-state index is 12.2. The van der Waals surface area contributed by atoms with E-state index in [-0.39, 0.29) is 6.03 Å². The third kappa shape index (κ3) is 3.63. The summed E-state index contributed by atoms with van der Waals surface area (Å²) in [6.45, 7) is 4.11. The lowest BCUT2D eigenvalue weighted by Crippen LogP contribution is -2.49. The van der Waals surface area contributed by atoms with E-state index in [2.05, 4.69) is 12.2 Å². The molecule has 1 heterocycles. The molecule has 1 unspecified atom stereocenters. The number of carbonyl (C=O) groups excluding carboxylic acids is 1. The molecule has 18 heavy (non-hydrogen) atoms. The van der Waals surface area contributed by atoms with Crippen LogP contribution in [0.5, 0.6) is 0 Å². The zero-order valence-electron chi connectivity index (χ0n) is 11.8. The Morgan fingerprint density at radius 3 is 2.33 bits per heavy atom. The van der Waals surface area contributed by atoms with Crippen LogP contribution in [0, 0.1) is 5.92 Å². The molecule has 1 atom stereocenters. The van der Waals surface area contributed by atoms with E-state index in [1.54, 1.807) is 0 Å². The average Bonchev–Trinajstić information content (AvgIpc) is 2.46. The first kappa shape index (κ1) is 13.7. The molecule has 0 aromatic heterocycles. The van der Waals surface area contributed by atoms with Crippen LogP contribution in [0.3, 0.4) is 0 Å². The average molecular weight is 252 g/mol. The van der Waals surface area contributed by atoms with Gasteiger partial charge in [-0.3, -0.25) is 0 Å². The highest BCUT2D eigenvalue weighted by Gasteiger charge is 2.25. The summed E-state index contributed by atoms with van der Waals surface area (Å²) in [6.07, 6.45) is 11.4. The van der Waals surface area contributed by atoms with Crippen molar-refractivity contribution >= 4 is 6.03 Å². The van der Waals surface area contributed by atoms with Crippen molar-refractivity contribution in [1.82, 2.24) is 10.2 Å². The number of nitrogens with one attached hydrogen (secondary N) is 1. The van der Waals surface area contributed by atoms with Crippen molar-refractivity contribution in [2.24, 2.45) is 5.92 Å². The van der Waals surface area contributed by atoms with Crippen LogP contribution in [0.1, 0.15) is 64.7 Å². The number of likely N-dealkylation sites (tertiary alicyclic amines) is 1. The summed E-state index contributed by atoms with van der Waals surface area (Å²) < 4.78 is 0. The molecule has 3 heteroatoms. The molecule has 3 nitrogen and oxygen atoms in total. The largest absolute Gasteiger partial charge is 0.335 e. The molecule has 0 bridgehead atoms. The number of nitrogens with zero attached hydrogens (tertiary/aromatic N) is 1. The number of hydrogen-bond donors (Lipinski definition) is 1. The molecule has 2 rings (SSSR count). The minimum Gasteiger partial charge on any atom is -0.335 e. The Hall–Kier alpha value is -0.730. The molecule has 1 aliphatic carbocycles. The SMILES string of the molecule is CCC(NC(=O)N1CCCCC1)C1CCCCC1. The van der Waals surface area contributed by atoms with Gasteiger partial charge in [-0.1, -0.05) is 26.2 Å². The lowest BCUT2D eigenvalue weighted by molar-refractivity contribution is 0.172. The quantitative estimate of drug-likeness (QED) is 0.818. The van der Waals surface area contributed by atoms with E-state index >= 15 is 0 Å². The summed E-state index contributed by atoms with van der Waals surface area (Å²) in [7, 11) is 0. The zero-order chi connectivity index (χ0) is 12.8. The molecule has 104 valence electrons. The van der Waals surface area contributed by atoms with Gasteiger partial charge in [0.1, 0.15) is 0 Å². The fraction of sp³-hybridized carbons (Fsp3) is 0.933. The molecule has 1 saturated heterocycles. The Morgan fingerprint density at radius 1 is 1.11 bits per heavy atom. The van der Waals surface area contributed by atoms with E-state index < -0.39 is 0 Å². The molecule has 2 amide bonds. The van der Waals surface area contributed by atoms with Gasteiger partial charge < -0.3 is 10.2 Å². The lowest BCUT2D eigenvalue weighted by Gasteiger charge is -2.33. The Balaban J connectivity index is 1.82. The number of urea groups is 1.